The van der Waals surface area contributed by atoms with Gasteiger partial charge in [0.15, 0.2) is 0 Å². The summed E-state index contributed by atoms with van der Waals surface area (Å²) < 4.78 is 5.60. The normalized spacial score (nSPS) is 10.3. The molecule has 5 heteroatoms. The van der Waals surface area contributed by atoms with E-state index in [0.29, 0.717) is 26.2 Å². The zero-order valence-corrected chi connectivity index (χ0v) is 13.9. The van der Waals surface area contributed by atoms with E-state index in [1.165, 1.54) is 10.4 Å². The molecule has 0 atom stereocenters. The Bertz CT molecular complexity index is 567. The van der Waals surface area contributed by atoms with Crippen molar-refractivity contribution < 1.29 is 9.53 Å². The Morgan fingerprint density at radius 3 is 2.68 bits per heavy atom. The second-order valence-electron chi connectivity index (χ2n) is 4.99. The van der Waals surface area contributed by atoms with E-state index < -0.39 is 0 Å². The molecule has 1 aromatic heterocycles. The molecule has 2 rings (SSSR count). The van der Waals surface area contributed by atoms with Gasteiger partial charge in [-0.25, -0.2) is 4.79 Å². The van der Waals surface area contributed by atoms with E-state index in [1.54, 1.807) is 16.2 Å². The summed E-state index contributed by atoms with van der Waals surface area (Å²) in [5.41, 5.74) is 1.20. The maximum atomic E-state index is 12.1. The van der Waals surface area contributed by atoms with E-state index in [2.05, 4.69) is 5.32 Å². The molecule has 2 amide bonds. The van der Waals surface area contributed by atoms with Gasteiger partial charge < -0.3 is 15.0 Å². The number of nitrogens with zero attached hydrogens (tertiary/aromatic N) is 1. The van der Waals surface area contributed by atoms with Crippen molar-refractivity contribution in [1.82, 2.24) is 10.2 Å². The molecule has 0 unspecified atom stereocenters. The van der Waals surface area contributed by atoms with Crippen LogP contribution >= 0.6 is 11.3 Å². The maximum absolute atomic E-state index is 12.1. The minimum Gasteiger partial charge on any atom is -0.492 e. The number of hydrogen-bond acceptors (Lipinski definition) is 3. The number of thiophene rings is 1. The second-order valence-corrected chi connectivity index (χ2v) is 6.02. The van der Waals surface area contributed by atoms with Gasteiger partial charge in [-0.3, -0.25) is 0 Å². The quantitative estimate of drug-likeness (QED) is 0.792. The van der Waals surface area contributed by atoms with Gasteiger partial charge in [-0.05, 0) is 37.4 Å². The van der Waals surface area contributed by atoms with Gasteiger partial charge >= 0.3 is 6.03 Å². The third-order valence-electron chi connectivity index (χ3n) is 3.26. The van der Waals surface area contributed by atoms with Crippen LogP contribution in [0.15, 0.2) is 41.8 Å². The lowest BCUT2D eigenvalue weighted by Crippen LogP contribution is -2.40. The van der Waals surface area contributed by atoms with Crippen LogP contribution in [0, 0.1) is 6.92 Å². The Hall–Kier alpha value is -2.01. The molecule has 4 nitrogen and oxygen atoms in total. The van der Waals surface area contributed by atoms with Crippen LogP contribution in [0.2, 0.25) is 0 Å². The highest BCUT2D eigenvalue weighted by molar-refractivity contribution is 7.09. The summed E-state index contributed by atoms with van der Waals surface area (Å²) in [6.07, 6.45) is 0. The third kappa shape index (κ3) is 5.07. The van der Waals surface area contributed by atoms with Gasteiger partial charge in [0.1, 0.15) is 12.4 Å². The van der Waals surface area contributed by atoms with Crippen molar-refractivity contribution in [2.24, 2.45) is 0 Å². The second kappa shape index (κ2) is 8.44. The molecule has 0 aliphatic heterocycles. The molecule has 22 heavy (non-hydrogen) atoms. The van der Waals surface area contributed by atoms with Crippen molar-refractivity contribution in [3.63, 3.8) is 0 Å². The van der Waals surface area contributed by atoms with Gasteiger partial charge in [0.05, 0.1) is 13.1 Å². The molecule has 0 aliphatic carbocycles. The number of nitrogens with one attached hydrogen (secondary N) is 1. The number of ether oxygens (including phenoxy) is 1. The zero-order valence-electron chi connectivity index (χ0n) is 13.0. The van der Waals surface area contributed by atoms with Gasteiger partial charge in [0.25, 0.3) is 0 Å². The molecular weight excluding hydrogens is 296 g/mol. The van der Waals surface area contributed by atoms with Crippen LogP contribution in [0.1, 0.15) is 17.4 Å². The molecule has 0 bridgehead atoms. The van der Waals surface area contributed by atoms with Crippen LogP contribution in [-0.4, -0.2) is 30.6 Å². The topological polar surface area (TPSA) is 41.6 Å². The molecular formula is C17H22N2O2S. The van der Waals surface area contributed by atoms with Crippen LogP contribution in [-0.2, 0) is 6.54 Å². The first-order valence-corrected chi connectivity index (χ1v) is 8.31. The SMILES string of the molecule is CCN(Cc1cccs1)C(=O)NCCOc1ccc(C)cc1. The van der Waals surface area contributed by atoms with Crippen LogP contribution in [0.4, 0.5) is 4.79 Å². The van der Waals surface area contributed by atoms with Gasteiger partial charge in [0, 0.05) is 11.4 Å². The predicted molar refractivity (Wildman–Crippen MR) is 90.5 cm³/mol. The first-order valence-electron chi connectivity index (χ1n) is 7.43. The molecule has 0 fully saturated rings. The first kappa shape index (κ1) is 16.4. The standard InChI is InChI=1S/C17H22N2O2S/c1-3-19(13-16-5-4-12-22-16)17(20)18-10-11-21-15-8-6-14(2)7-9-15/h4-9,12H,3,10-11,13H2,1-2H3,(H,18,20). The summed E-state index contributed by atoms with van der Waals surface area (Å²) in [6.45, 7) is 6.31. The van der Waals surface area contributed by atoms with E-state index in [9.17, 15) is 4.79 Å². The number of amides is 2. The average molecular weight is 318 g/mol. The molecule has 0 saturated heterocycles. The minimum atomic E-state index is -0.0524. The lowest BCUT2D eigenvalue weighted by atomic mass is 10.2. The molecule has 2 aromatic rings. The number of carbonyl (C=O) groups excluding carboxylic acids is 1. The smallest absolute Gasteiger partial charge is 0.317 e. The highest BCUT2D eigenvalue weighted by Crippen LogP contribution is 2.12. The molecule has 1 heterocycles. The first-order chi connectivity index (χ1) is 10.7. The van der Waals surface area contributed by atoms with E-state index in [1.807, 2.05) is 55.6 Å². The van der Waals surface area contributed by atoms with Crippen molar-refractivity contribution in [2.75, 3.05) is 19.7 Å². The summed E-state index contributed by atoms with van der Waals surface area (Å²) >= 11 is 1.66. The molecule has 0 spiro atoms. The molecule has 1 N–H and O–H groups in total. The Balaban J connectivity index is 1.70. The fourth-order valence-electron chi connectivity index (χ4n) is 1.99. The lowest BCUT2D eigenvalue weighted by molar-refractivity contribution is 0.195. The number of aryl methyl sites for hydroxylation is 1. The molecule has 0 radical (unpaired) electrons. The molecule has 0 aliphatic rings. The summed E-state index contributed by atoms with van der Waals surface area (Å²) in [4.78, 5) is 15.1. The fourth-order valence-corrected chi connectivity index (χ4v) is 2.71. The van der Waals surface area contributed by atoms with E-state index >= 15 is 0 Å². The van der Waals surface area contributed by atoms with E-state index in [-0.39, 0.29) is 6.03 Å². The van der Waals surface area contributed by atoms with Crippen molar-refractivity contribution in [3.05, 3.63) is 52.2 Å². The number of rotatable bonds is 7. The number of benzene rings is 1. The van der Waals surface area contributed by atoms with Gasteiger partial charge in [-0.15, -0.1) is 11.3 Å². The third-order valence-corrected chi connectivity index (χ3v) is 4.12. The molecule has 1 aromatic carbocycles. The lowest BCUT2D eigenvalue weighted by Gasteiger charge is -2.20. The molecule has 0 saturated carbocycles. The van der Waals surface area contributed by atoms with Gasteiger partial charge in [-0.2, -0.15) is 0 Å². The Morgan fingerprint density at radius 2 is 2.05 bits per heavy atom. The van der Waals surface area contributed by atoms with Crippen molar-refractivity contribution >= 4 is 17.4 Å². The maximum Gasteiger partial charge on any atom is 0.317 e. The van der Waals surface area contributed by atoms with Crippen molar-refractivity contribution in [2.45, 2.75) is 20.4 Å². The Morgan fingerprint density at radius 1 is 1.27 bits per heavy atom. The summed E-state index contributed by atoms with van der Waals surface area (Å²) in [7, 11) is 0. The van der Waals surface area contributed by atoms with Crippen LogP contribution in [0.25, 0.3) is 0 Å². The minimum absolute atomic E-state index is 0.0524. The van der Waals surface area contributed by atoms with Gasteiger partial charge in [0.2, 0.25) is 0 Å². The van der Waals surface area contributed by atoms with Gasteiger partial charge in [-0.1, -0.05) is 23.8 Å². The Labute approximate surface area is 135 Å². The van der Waals surface area contributed by atoms with Crippen LogP contribution < -0.4 is 10.1 Å². The highest BCUT2D eigenvalue weighted by atomic mass is 32.1. The Kier molecular flexibility index (Phi) is 6.27. The monoisotopic (exact) mass is 318 g/mol. The largest absolute Gasteiger partial charge is 0.492 e. The summed E-state index contributed by atoms with van der Waals surface area (Å²) in [5, 5.41) is 4.92. The summed E-state index contributed by atoms with van der Waals surface area (Å²) in [6, 6.07) is 11.9. The summed E-state index contributed by atoms with van der Waals surface area (Å²) in [5.74, 6) is 0.825. The van der Waals surface area contributed by atoms with E-state index in [4.69, 9.17) is 4.74 Å². The van der Waals surface area contributed by atoms with Crippen LogP contribution in [0.5, 0.6) is 5.75 Å². The fraction of sp³-hybridized carbons (Fsp3) is 0.353. The molecule has 118 valence electrons. The van der Waals surface area contributed by atoms with Crippen molar-refractivity contribution in [1.29, 1.82) is 0 Å². The zero-order chi connectivity index (χ0) is 15.8. The highest BCUT2D eigenvalue weighted by Gasteiger charge is 2.11. The number of carbonyl (C=O) groups is 1. The average Bonchev–Trinajstić information content (AvgIpc) is 3.04. The predicted octanol–water partition coefficient (Wildman–Crippen LogP) is 3.67. The van der Waals surface area contributed by atoms with E-state index in [0.717, 1.165) is 5.75 Å². The van der Waals surface area contributed by atoms with Crippen LogP contribution in [0.3, 0.4) is 0 Å². The number of hydrogen-bond donors (Lipinski definition) is 1. The van der Waals surface area contributed by atoms with Crippen molar-refractivity contribution in [3.8, 4) is 5.75 Å². The number of urea groups is 1.